The van der Waals surface area contributed by atoms with Gasteiger partial charge in [-0.3, -0.25) is 9.48 Å². The van der Waals surface area contributed by atoms with Crippen LogP contribution in [0, 0.1) is 6.92 Å². The van der Waals surface area contributed by atoms with Gasteiger partial charge in [0.2, 0.25) is 0 Å². The number of rotatable bonds is 3. The van der Waals surface area contributed by atoms with E-state index in [9.17, 15) is 9.59 Å². The first kappa shape index (κ1) is 12.9. The number of nitrogens with zero attached hydrogens (tertiary/aromatic N) is 2. The summed E-state index contributed by atoms with van der Waals surface area (Å²) >= 11 is 0. The number of carboxylic acids is 1. The molecule has 2 aromatic rings. The highest BCUT2D eigenvalue weighted by Crippen LogP contribution is 2.11. The van der Waals surface area contributed by atoms with Gasteiger partial charge < -0.3 is 5.11 Å². The third-order valence-corrected chi connectivity index (χ3v) is 2.93. The fourth-order valence-electron chi connectivity index (χ4n) is 2.00. The van der Waals surface area contributed by atoms with Gasteiger partial charge in [0, 0.05) is 18.7 Å². The molecule has 5 heteroatoms. The average Bonchev–Trinajstić information content (AvgIpc) is 2.59. The largest absolute Gasteiger partial charge is 0.478 e. The van der Waals surface area contributed by atoms with Crippen LogP contribution in [-0.4, -0.2) is 20.4 Å². The van der Waals surface area contributed by atoms with Gasteiger partial charge in [0.05, 0.1) is 11.4 Å². The third-order valence-electron chi connectivity index (χ3n) is 2.93. The second kappa shape index (κ2) is 4.97. The maximum absolute atomic E-state index is 12.2. The van der Waals surface area contributed by atoms with Crippen LogP contribution in [0.3, 0.4) is 0 Å². The molecule has 0 atom stereocenters. The highest BCUT2D eigenvalue weighted by molar-refractivity contribution is 5.85. The predicted molar refractivity (Wildman–Crippen MR) is 72.4 cm³/mol. The summed E-state index contributed by atoms with van der Waals surface area (Å²) in [4.78, 5) is 22.8. The van der Waals surface area contributed by atoms with E-state index in [2.05, 4.69) is 0 Å². The fourth-order valence-corrected chi connectivity index (χ4v) is 2.00. The van der Waals surface area contributed by atoms with Crippen molar-refractivity contribution < 1.29 is 9.90 Å². The van der Waals surface area contributed by atoms with Crippen molar-refractivity contribution in [1.29, 1.82) is 0 Å². The highest BCUT2D eigenvalue weighted by atomic mass is 16.4. The van der Waals surface area contributed by atoms with Crippen molar-refractivity contribution >= 4 is 12.0 Å². The first-order chi connectivity index (χ1) is 9.02. The molecular formula is C14H14N2O3. The van der Waals surface area contributed by atoms with Gasteiger partial charge >= 0.3 is 5.97 Å². The molecule has 1 aromatic carbocycles. The average molecular weight is 258 g/mol. The molecule has 19 heavy (non-hydrogen) atoms. The van der Waals surface area contributed by atoms with Crippen molar-refractivity contribution in [2.45, 2.75) is 6.92 Å². The van der Waals surface area contributed by atoms with Crippen LogP contribution in [0.15, 0.2) is 41.2 Å². The van der Waals surface area contributed by atoms with Crippen molar-refractivity contribution in [3.8, 4) is 5.69 Å². The Labute approximate surface area is 110 Å². The Morgan fingerprint density at radius 3 is 2.47 bits per heavy atom. The quantitative estimate of drug-likeness (QED) is 0.850. The molecule has 0 spiro atoms. The van der Waals surface area contributed by atoms with E-state index in [0.29, 0.717) is 11.3 Å². The molecule has 0 aliphatic rings. The van der Waals surface area contributed by atoms with Crippen molar-refractivity contribution in [3.05, 3.63) is 58.0 Å². The molecule has 98 valence electrons. The van der Waals surface area contributed by atoms with E-state index in [1.54, 1.807) is 18.7 Å². The van der Waals surface area contributed by atoms with Gasteiger partial charge in [-0.25, -0.2) is 9.48 Å². The Morgan fingerprint density at radius 2 is 1.89 bits per heavy atom. The standard InChI is InChI=1S/C14H14N2O3/c1-10-12(8-9-13(17)18)15(2)16(14(10)19)11-6-4-3-5-7-11/h3-9H,1-2H3,(H,17,18). The molecule has 0 aliphatic heterocycles. The molecule has 0 saturated carbocycles. The summed E-state index contributed by atoms with van der Waals surface area (Å²) in [5, 5.41) is 8.67. The number of aliphatic carboxylic acids is 1. The van der Waals surface area contributed by atoms with Gasteiger partial charge in [0.25, 0.3) is 5.56 Å². The Kier molecular flexibility index (Phi) is 3.37. The molecule has 0 bridgehead atoms. The third kappa shape index (κ3) is 2.35. The highest BCUT2D eigenvalue weighted by Gasteiger charge is 2.13. The smallest absolute Gasteiger partial charge is 0.328 e. The van der Waals surface area contributed by atoms with Crippen molar-refractivity contribution in [2.24, 2.45) is 7.05 Å². The summed E-state index contributed by atoms with van der Waals surface area (Å²) in [6.45, 7) is 1.68. The normalized spacial score (nSPS) is 11.1. The summed E-state index contributed by atoms with van der Waals surface area (Å²) in [7, 11) is 1.73. The second-order valence-corrected chi connectivity index (χ2v) is 4.16. The monoisotopic (exact) mass is 258 g/mol. The van der Waals surface area contributed by atoms with Crippen LogP contribution in [0.4, 0.5) is 0 Å². The Morgan fingerprint density at radius 1 is 1.26 bits per heavy atom. The van der Waals surface area contributed by atoms with E-state index < -0.39 is 5.97 Å². The van der Waals surface area contributed by atoms with E-state index in [4.69, 9.17) is 5.11 Å². The van der Waals surface area contributed by atoms with Gasteiger partial charge in [-0.05, 0) is 25.1 Å². The van der Waals surface area contributed by atoms with E-state index >= 15 is 0 Å². The molecular weight excluding hydrogens is 244 g/mol. The number of carbonyl (C=O) groups is 1. The zero-order chi connectivity index (χ0) is 14.0. The molecule has 0 fully saturated rings. The van der Waals surface area contributed by atoms with Gasteiger partial charge in [-0.2, -0.15) is 0 Å². The lowest BCUT2D eigenvalue weighted by Gasteiger charge is -2.07. The van der Waals surface area contributed by atoms with E-state index in [-0.39, 0.29) is 5.56 Å². The minimum Gasteiger partial charge on any atom is -0.478 e. The first-order valence-corrected chi connectivity index (χ1v) is 5.77. The Bertz CT molecular complexity index is 693. The summed E-state index contributed by atoms with van der Waals surface area (Å²) in [6, 6.07) is 9.21. The molecule has 5 nitrogen and oxygen atoms in total. The van der Waals surface area contributed by atoms with Crippen molar-refractivity contribution in [2.75, 3.05) is 0 Å². The zero-order valence-electron chi connectivity index (χ0n) is 10.7. The molecule has 0 saturated heterocycles. The van der Waals surface area contributed by atoms with Crippen LogP contribution >= 0.6 is 0 Å². The number of benzene rings is 1. The van der Waals surface area contributed by atoms with Crippen LogP contribution in [0.25, 0.3) is 11.8 Å². The number of aromatic nitrogens is 2. The topological polar surface area (TPSA) is 64.2 Å². The Hall–Kier alpha value is -2.56. The summed E-state index contributed by atoms with van der Waals surface area (Å²) in [6.07, 6.45) is 2.45. The summed E-state index contributed by atoms with van der Waals surface area (Å²) in [5.41, 5.74) is 1.69. The minimum atomic E-state index is -1.04. The number of carboxylic acid groups (broad SMARTS) is 1. The van der Waals surface area contributed by atoms with E-state index in [1.807, 2.05) is 30.3 Å². The summed E-state index contributed by atoms with van der Waals surface area (Å²) in [5.74, 6) is -1.04. The molecule has 0 unspecified atom stereocenters. The van der Waals surface area contributed by atoms with Crippen molar-refractivity contribution in [1.82, 2.24) is 9.36 Å². The second-order valence-electron chi connectivity index (χ2n) is 4.16. The predicted octanol–water partition coefficient (Wildman–Crippen LogP) is 1.58. The van der Waals surface area contributed by atoms with E-state index in [0.717, 1.165) is 11.8 Å². The number of hydrogen-bond acceptors (Lipinski definition) is 2. The molecule has 0 radical (unpaired) electrons. The summed E-state index contributed by atoms with van der Waals surface area (Å²) < 4.78 is 3.16. The van der Waals surface area contributed by atoms with Gasteiger partial charge in [-0.15, -0.1) is 0 Å². The first-order valence-electron chi connectivity index (χ1n) is 5.77. The molecule has 1 aromatic heterocycles. The van der Waals surface area contributed by atoms with Gasteiger partial charge in [0.1, 0.15) is 0 Å². The van der Waals surface area contributed by atoms with Gasteiger partial charge in [0.15, 0.2) is 0 Å². The minimum absolute atomic E-state index is 0.154. The lowest BCUT2D eigenvalue weighted by Crippen LogP contribution is -2.20. The molecule has 1 N–H and O–H groups in total. The zero-order valence-corrected chi connectivity index (χ0v) is 10.7. The maximum Gasteiger partial charge on any atom is 0.328 e. The molecule has 2 rings (SSSR count). The fraction of sp³-hybridized carbons (Fsp3) is 0.143. The molecule has 0 aliphatic carbocycles. The van der Waals surface area contributed by atoms with Crippen molar-refractivity contribution in [3.63, 3.8) is 0 Å². The van der Waals surface area contributed by atoms with Crippen LogP contribution in [0.5, 0.6) is 0 Å². The lowest BCUT2D eigenvalue weighted by atomic mass is 10.2. The van der Waals surface area contributed by atoms with Crippen LogP contribution < -0.4 is 5.56 Å². The van der Waals surface area contributed by atoms with Crippen LogP contribution in [-0.2, 0) is 11.8 Å². The lowest BCUT2D eigenvalue weighted by molar-refractivity contribution is -0.131. The number of hydrogen-bond donors (Lipinski definition) is 1. The SMILES string of the molecule is Cc1c(C=CC(=O)O)n(C)n(-c2ccccc2)c1=O. The molecule has 0 amide bonds. The molecule has 1 heterocycles. The number of para-hydroxylation sites is 1. The van der Waals surface area contributed by atoms with E-state index in [1.165, 1.54) is 10.8 Å². The van der Waals surface area contributed by atoms with Crippen LogP contribution in [0.1, 0.15) is 11.3 Å². The van der Waals surface area contributed by atoms with Crippen LogP contribution in [0.2, 0.25) is 0 Å². The Balaban J connectivity index is 2.63. The van der Waals surface area contributed by atoms with Gasteiger partial charge in [-0.1, -0.05) is 18.2 Å². The maximum atomic E-state index is 12.2.